The van der Waals surface area contributed by atoms with Gasteiger partial charge in [-0.3, -0.25) is 0 Å². The van der Waals surface area contributed by atoms with Crippen molar-refractivity contribution in [3.8, 4) is 0 Å². The second kappa shape index (κ2) is 2.66. The molecule has 3 heteroatoms. The first-order valence-electron chi connectivity index (χ1n) is 3.17. The van der Waals surface area contributed by atoms with Gasteiger partial charge in [0.1, 0.15) is 5.82 Å². The molecule has 1 aromatic heterocycles. The second-order valence-electron chi connectivity index (χ2n) is 2.31. The van der Waals surface area contributed by atoms with Crippen molar-refractivity contribution in [2.45, 2.75) is 13.0 Å². The summed E-state index contributed by atoms with van der Waals surface area (Å²) in [7, 11) is 0. The number of pyridine rings is 1. The second-order valence-corrected chi connectivity index (χ2v) is 2.31. The van der Waals surface area contributed by atoms with Gasteiger partial charge in [0.2, 0.25) is 0 Å². The Hall–Kier alpha value is -1.09. The van der Waals surface area contributed by atoms with Crippen LogP contribution in [0.2, 0.25) is 0 Å². The molecule has 0 unspecified atom stereocenters. The summed E-state index contributed by atoms with van der Waals surface area (Å²) < 4.78 is 0. The monoisotopic (exact) mass is 137 g/mol. The third-order valence-electron chi connectivity index (χ3n) is 1.34. The van der Waals surface area contributed by atoms with Crippen LogP contribution < -0.4 is 11.5 Å². The largest absolute Gasteiger partial charge is 0.384 e. The van der Waals surface area contributed by atoms with Crippen LogP contribution in [0.15, 0.2) is 18.3 Å². The number of aromatic nitrogens is 1. The number of hydrogen-bond acceptors (Lipinski definition) is 3. The first kappa shape index (κ1) is 7.02. The highest BCUT2D eigenvalue weighted by atomic mass is 14.8. The van der Waals surface area contributed by atoms with Gasteiger partial charge in [0.15, 0.2) is 0 Å². The fourth-order valence-corrected chi connectivity index (χ4v) is 0.686. The number of nitrogen functional groups attached to an aromatic ring is 1. The predicted octanol–water partition coefficient (Wildman–Crippen LogP) is 0.684. The van der Waals surface area contributed by atoms with E-state index >= 15 is 0 Å². The molecule has 0 saturated carbocycles. The fourth-order valence-electron chi connectivity index (χ4n) is 0.686. The van der Waals surface area contributed by atoms with E-state index in [-0.39, 0.29) is 6.04 Å². The van der Waals surface area contributed by atoms with E-state index in [4.69, 9.17) is 11.5 Å². The summed E-state index contributed by atoms with van der Waals surface area (Å²) in [5.74, 6) is 0.532. The van der Waals surface area contributed by atoms with Crippen molar-refractivity contribution in [2.24, 2.45) is 5.73 Å². The van der Waals surface area contributed by atoms with E-state index in [0.717, 1.165) is 5.56 Å². The molecule has 0 bridgehead atoms. The molecule has 1 rings (SSSR count). The van der Waals surface area contributed by atoms with Gasteiger partial charge < -0.3 is 11.5 Å². The van der Waals surface area contributed by atoms with Crippen LogP contribution in [0.4, 0.5) is 5.82 Å². The van der Waals surface area contributed by atoms with Crippen LogP contribution in [0.1, 0.15) is 18.5 Å². The lowest BCUT2D eigenvalue weighted by Crippen LogP contribution is -2.05. The van der Waals surface area contributed by atoms with Gasteiger partial charge in [-0.2, -0.15) is 0 Å². The lowest BCUT2D eigenvalue weighted by atomic mass is 10.2. The van der Waals surface area contributed by atoms with Gasteiger partial charge in [0.25, 0.3) is 0 Å². The Bertz CT molecular complexity index is 203. The van der Waals surface area contributed by atoms with Crippen molar-refractivity contribution < 1.29 is 0 Å². The highest BCUT2D eigenvalue weighted by Gasteiger charge is 1.96. The SMILES string of the molecule is C[C@H](N)c1ccc(N)nc1. The van der Waals surface area contributed by atoms with Crippen molar-refractivity contribution in [3.05, 3.63) is 23.9 Å². The number of nitrogens with zero attached hydrogens (tertiary/aromatic N) is 1. The quantitative estimate of drug-likeness (QED) is 0.598. The van der Waals surface area contributed by atoms with Gasteiger partial charge in [0, 0.05) is 12.2 Å². The third-order valence-corrected chi connectivity index (χ3v) is 1.34. The maximum atomic E-state index is 5.58. The Balaban J connectivity index is 2.89. The van der Waals surface area contributed by atoms with E-state index in [1.807, 2.05) is 13.0 Å². The van der Waals surface area contributed by atoms with Crippen LogP contribution in [0, 0.1) is 0 Å². The topological polar surface area (TPSA) is 64.9 Å². The summed E-state index contributed by atoms with van der Waals surface area (Å²) in [5, 5.41) is 0. The van der Waals surface area contributed by atoms with Crippen molar-refractivity contribution in [1.82, 2.24) is 4.98 Å². The van der Waals surface area contributed by atoms with Gasteiger partial charge in [-0.05, 0) is 18.6 Å². The van der Waals surface area contributed by atoms with E-state index in [2.05, 4.69) is 4.98 Å². The van der Waals surface area contributed by atoms with E-state index in [0.29, 0.717) is 5.82 Å². The molecule has 1 heterocycles. The minimum Gasteiger partial charge on any atom is -0.384 e. The lowest BCUT2D eigenvalue weighted by molar-refractivity contribution is 0.812. The molecule has 0 radical (unpaired) electrons. The smallest absolute Gasteiger partial charge is 0.123 e. The summed E-state index contributed by atoms with van der Waals surface area (Å²) in [6, 6.07) is 3.67. The van der Waals surface area contributed by atoms with Crippen LogP contribution in [0.25, 0.3) is 0 Å². The fraction of sp³-hybridized carbons (Fsp3) is 0.286. The van der Waals surface area contributed by atoms with Crippen LogP contribution in [0.3, 0.4) is 0 Å². The van der Waals surface area contributed by atoms with Gasteiger partial charge in [-0.25, -0.2) is 4.98 Å². The van der Waals surface area contributed by atoms with Crippen LogP contribution >= 0.6 is 0 Å². The Morgan fingerprint density at radius 1 is 1.50 bits per heavy atom. The Morgan fingerprint density at radius 2 is 2.20 bits per heavy atom. The van der Waals surface area contributed by atoms with Gasteiger partial charge in [-0.1, -0.05) is 6.07 Å². The molecule has 0 aliphatic rings. The number of hydrogen-bond donors (Lipinski definition) is 2. The molecular formula is C7H11N3. The standard InChI is InChI=1S/C7H11N3/c1-5(8)6-2-3-7(9)10-4-6/h2-5H,8H2,1H3,(H2,9,10)/t5-/m0/s1. The molecule has 1 aromatic rings. The van der Waals surface area contributed by atoms with Crippen LogP contribution in [-0.4, -0.2) is 4.98 Å². The molecule has 0 aromatic carbocycles. The highest BCUT2D eigenvalue weighted by molar-refractivity contribution is 5.30. The van der Waals surface area contributed by atoms with Crippen LogP contribution in [0.5, 0.6) is 0 Å². The zero-order chi connectivity index (χ0) is 7.56. The Labute approximate surface area is 60.1 Å². The van der Waals surface area contributed by atoms with Crippen molar-refractivity contribution in [2.75, 3.05) is 5.73 Å². The molecule has 0 spiro atoms. The Morgan fingerprint density at radius 3 is 2.60 bits per heavy atom. The summed E-state index contributed by atoms with van der Waals surface area (Å²) in [4.78, 5) is 3.90. The Kier molecular flexibility index (Phi) is 1.87. The minimum atomic E-state index is 0.0353. The molecule has 0 aliphatic heterocycles. The zero-order valence-electron chi connectivity index (χ0n) is 5.91. The lowest BCUT2D eigenvalue weighted by Gasteiger charge is -2.03. The van der Waals surface area contributed by atoms with Crippen molar-refractivity contribution in [3.63, 3.8) is 0 Å². The van der Waals surface area contributed by atoms with Gasteiger partial charge >= 0.3 is 0 Å². The van der Waals surface area contributed by atoms with Gasteiger partial charge in [0.05, 0.1) is 0 Å². The molecule has 3 nitrogen and oxygen atoms in total. The molecule has 10 heavy (non-hydrogen) atoms. The maximum absolute atomic E-state index is 5.58. The zero-order valence-corrected chi connectivity index (χ0v) is 5.91. The highest BCUT2D eigenvalue weighted by Crippen LogP contribution is 2.07. The molecule has 4 N–H and O–H groups in total. The van der Waals surface area contributed by atoms with E-state index in [1.165, 1.54) is 0 Å². The third kappa shape index (κ3) is 1.45. The van der Waals surface area contributed by atoms with Crippen molar-refractivity contribution in [1.29, 1.82) is 0 Å². The first-order valence-corrected chi connectivity index (χ1v) is 3.17. The minimum absolute atomic E-state index is 0.0353. The van der Waals surface area contributed by atoms with E-state index < -0.39 is 0 Å². The van der Waals surface area contributed by atoms with Crippen LogP contribution in [-0.2, 0) is 0 Å². The summed E-state index contributed by atoms with van der Waals surface area (Å²) in [5.41, 5.74) is 12.0. The molecule has 1 atom stereocenters. The van der Waals surface area contributed by atoms with E-state index in [1.54, 1.807) is 12.3 Å². The van der Waals surface area contributed by atoms with Crippen molar-refractivity contribution >= 4 is 5.82 Å². The van der Waals surface area contributed by atoms with E-state index in [9.17, 15) is 0 Å². The normalized spacial score (nSPS) is 13.0. The summed E-state index contributed by atoms with van der Waals surface area (Å²) in [6.07, 6.45) is 1.69. The molecule has 0 saturated heterocycles. The summed E-state index contributed by atoms with van der Waals surface area (Å²) >= 11 is 0. The maximum Gasteiger partial charge on any atom is 0.123 e. The number of anilines is 1. The van der Waals surface area contributed by atoms with Gasteiger partial charge in [-0.15, -0.1) is 0 Å². The molecule has 54 valence electrons. The summed E-state index contributed by atoms with van der Waals surface area (Å²) in [6.45, 7) is 1.91. The predicted molar refractivity (Wildman–Crippen MR) is 41.3 cm³/mol. The number of rotatable bonds is 1. The molecule has 0 fully saturated rings. The molecular weight excluding hydrogens is 126 g/mol. The number of nitrogens with two attached hydrogens (primary N) is 2. The average Bonchev–Trinajstić information content (AvgIpc) is 1.88. The molecule has 0 aliphatic carbocycles. The molecule has 0 amide bonds. The average molecular weight is 137 g/mol. The first-order chi connectivity index (χ1) is 4.70.